The van der Waals surface area contributed by atoms with Gasteiger partial charge < -0.3 is 19.6 Å². The number of amides is 1. The molecule has 14 nitrogen and oxygen atoms in total. The number of carbonyl (C=O) groups is 2. The second-order valence-corrected chi connectivity index (χ2v) is 14.1. The highest BCUT2D eigenvalue weighted by Crippen LogP contribution is 2.30. The standard InChI is InChI=1S/C28H40N4O10S/c1-19-16-30(18-40-25(34)28(5,6)13-7-8-15-41-32(36)37)24(33)21-10-9-11-22(23(19)21)43(38,39)31-14-12-20(17-31)29-26(35)42-27(2,3)4/h9-11,16,20H,7-8,12-15,17-18H2,1-6H3,(H,29,35)/t20-/m0/s1. The van der Waals surface area contributed by atoms with Gasteiger partial charge in [0.05, 0.1) is 16.9 Å². The van der Waals surface area contributed by atoms with Gasteiger partial charge in [-0.1, -0.05) is 12.5 Å². The van der Waals surface area contributed by atoms with E-state index in [2.05, 4.69) is 10.2 Å². The third-order valence-corrected chi connectivity index (χ3v) is 8.94. The van der Waals surface area contributed by atoms with Crippen LogP contribution in [0.4, 0.5) is 4.79 Å². The van der Waals surface area contributed by atoms with E-state index in [-0.39, 0.29) is 42.1 Å². The van der Waals surface area contributed by atoms with Gasteiger partial charge in [0.2, 0.25) is 10.0 Å². The summed E-state index contributed by atoms with van der Waals surface area (Å²) >= 11 is 0. The molecule has 0 unspecified atom stereocenters. The zero-order valence-corrected chi connectivity index (χ0v) is 26.2. The number of esters is 1. The molecule has 0 bridgehead atoms. The zero-order chi connectivity index (χ0) is 32.2. The van der Waals surface area contributed by atoms with Gasteiger partial charge in [-0.15, -0.1) is 10.1 Å². The molecule has 2 heterocycles. The van der Waals surface area contributed by atoms with Crippen LogP contribution < -0.4 is 10.9 Å². The number of hydrogen-bond acceptors (Lipinski definition) is 10. The van der Waals surface area contributed by atoms with Crippen molar-refractivity contribution in [1.82, 2.24) is 14.2 Å². The number of fused-ring (bicyclic) bond motifs is 1. The lowest BCUT2D eigenvalue weighted by Gasteiger charge is -2.23. The number of aromatic nitrogens is 1. The number of ether oxygens (including phenoxy) is 2. The van der Waals surface area contributed by atoms with Crippen LogP contribution in [0.15, 0.2) is 34.1 Å². The maximum Gasteiger partial charge on any atom is 0.407 e. The van der Waals surface area contributed by atoms with Crippen LogP contribution in [0, 0.1) is 22.5 Å². The molecule has 0 radical (unpaired) electrons. The maximum absolute atomic E-state index is 13.7. The molecule has 1 amide bonds. The molecule has 1 N–H and O–H groups in total. The molecule has 1 atom stereocenters. The summed E-state index contributed by atoms with van der Waals surface area (Å²) in [5, 5.41) is 12.5. The normalized spacial score (nSPS) is 16.2. The van der Waals surface area contributed by atoms with Crippen LogP contribution in [0.3, 0.4) is 0 Å². The van der Waals surface area contributed by atoms with E-state index in [0.717, 1.165) is 0 Å². The highest BCUT2D eigenvalue weighted by molar-refractivity contribution is 7.89. The average Bonchev–Trinajstić information content (AvgIpc) is 3.37. The molecule has 1 aromatic carbocycles. The molecular formula is C28H40N4O10S. The fraction of sp³-hybridized carbons (Fsp3) is 0.607. The first-order valence-corrected chi connectivity index (χ1v) is 15.4. The van der Waals surface area contributed by atoms with Gasteiger partial charge in [-0.2, -0.15) is 4.31 Å². The minimum Gasteiger partial charge on any atom is -0.444 e. The highest BCUT2D eigenvalue weighted by Gasteiger charge is 2.35. The van der Waals surface area contributed by atoms with E-state index < -0.39 is 49.8 Å². The Kier molecular flexibility index (Phi) is 10.4. The number of aryl methyl sites for hydroxylation is 1. The molecule has 43 heavy (non-hydrogen) atoms. The molecule has 1 saturated heterocycles. The monoisotopic (exact) mass is 624 g/mol. The molecule has 238 valence electrons. The second kappa shape index (κ2) is 13.3. The molecule has 15 heteroatoms. The largest absolute Gasteiger partial charge is 0.444 e. The van der Waals surface area contributed by atoms with E-state index in [9.17, 15) is 32.9 Å². The Labute approximate surface area is 250 Å². The molecular weight excluding hydrogens is 584 g/mol. The molecule has 0 saturated carbocycles. The predicted octanol–water partition coefficient (Wildman–Crippen LogP) is 3.50. The minimum atomic E-state index is -4.02. The first-order chi connectivity index (χ1) is 19.9. The van der Waals surface area contributed by atoms with Crippen LogP contribution in [0.1, 0.15) is 65.9 Å². The number of benzene rings is 1. The Bertz CT molecular complexity index is 1530. The lowest BCUT2D eigenvalue weighted by Crippen LogP contribution is -2.41. The van der Waals surface area contributed by atoms with Gasteiger partial charge in [-0.3, -0.25) is 14.2 Å². The average molecular weight is 625 g/mol. The number of nitrogens with one attached hydrogen (secondary N) is 1. The number of nitrogens with zero attached hydrogens (tertiary/aromatic N) is 3. The van der Waals surface area contributed by atoms with Crippen LogP contribution in [0.5, 0.6) is 0 Å². The smallest absolute Gasteiger partial charge is 0.407 e. The van der Waals surface area contributed by atoms with Gasteiger partial charge in [0.1, 0.15) is 5.60 Å². The van der Waals surface area contributed by atoms with Crippen LogP contribution in [0.2, 0.25) is 0 Å². The van der Waals surface area contributed by atoms with Gasteiger partial charge in [-0.25, -0.2) is 13.2 Å². The molecule has 3 rings (SSSR count). The summed E-state index contributed by atoms with van der Waals surface area (Å²) in [6.07, 6.45) is 2.52. The summed E-state index contributed by atoms with van der Waals surface area (Å²) in [5.74, 6) is -0.549. The van der Waals surface area contributed by atoms with Gasteiger partial charge in [-0.05, 0) is 78.5 Å². The lowest BCUT2D eigenvalue weighted by molar-refractivity contribution is -0.757. The van der Waals surface area contributed by atoms with E-state index in [1.54, 1.807) is 41.5 Å². The van der Waals surface area contributed by atoms with Gasteiger partial charge in [0, 0.05) is 36.1 Å². The van der Waals surface area contributed by atoms with E-state index in [0.29, 0.717) is 31.2 Å². The third-order valence-electron chi connectivity index (χ3n) is 7.03. The summed E-state index contributed by atoms with van der Waals surface area (Å²) < 4.78 is 40.6. The van der Waals surface area contributed by atoms with E-state index >= 15 is 0 Å². The summed E-state index contributed by atoms with van der Waals surface area (Å²) in [5.41, 5.74) is -1.62. The maximum atomic E-state index is 13.7. The van der Waals surface area contributed by atoms with Crippen molar-refractivity contribution < 1.29 is 37.4 Å². The highest BCUT2D eigenvalue weighted by atomic mass is 32.2. The Morgan fingerprint density at radius 2 is 1.86 bits per heavy atom. The summed E-state index contributed by atoms with van der Waals surface area (Å²) in [6, 6.07) is 4.04. The Balaban J connectivity index is 1.74. The van der Waals surface area contributed by atoms with Gasteiger partial charge >= 0.3 is 12.1 Å². The van der Waals surface area contributed by atoms with E-state index in [1.165, 1.54) is 33.3 Å². The van der Waals surface area contributed by atoms with Crippen LogP contribution >= 0.6 is 0 Å². The molecule has 2 aromatic rings. The van der Waals surface area contributed by atoms with Crippen molar-refractivity contribution in [1.29, 1.82) is 0 Å². The summed E-state index contributed by atoms with van der Waals surface area (Å²) in [7, 11) is -4.02. The lowest BCUT2D eigenvalue weighted by atomic mass is 9.87. The molecule has 1 aliphatic heterocycles. The van der Waals surface area contributed by atoms with Crippen molar-refractivity contribution >= 4 is 32.9 Å². The number of carbonyl (C=O) groups excluding carboxylic acids is 2. The predicted molar refractivity (Wildman–Crippen MR) is 156 cm³/mol. The SMILES string of the molecule is Cc1cn(COC(=O)C(C)(C)CCCCO[N+](=O)[O-])c(=O)c2cccc(S(=O)(=O)N3CC[C@H](NC(=O)OC(C)(C)C)C3)c12. The Hall–Kier alpha value is -3.72. The van der Waals surface area contributed by atoms with Crippen molar-refractivity contribution in [2.75, 3.05) is 19.7 Å². The molecule has 1 aromatic heterocycles. The number of unbranched alkanes of at least 4 members (excludes halogenated alkanes) is 1. The van der Waals surface area contributed by atoms with Crippen molar-refractivity contribution in [3.63, 3.8) is 0 Å². The second-order valence-electron chi connectivity index (χ2n) is 12.2. The Morgan fingerprint density at radius 1 is 1.16 bits per heavy atom. The molecule has 1 fully saturated rings. The van der Waals surface area contributed by atoms with Crippen LogP contribution in [-0.4, -0.2) is 65.8 Å². The summed E-state index contributed by atoms with van der Waals surface area (Å²) in [6.45, 7) is 10.1. The fourth-order valence-electron chi connectivity index (χ4n) is 4.85. The first kappa shape index (κ1) is 33.8. The summed E-state index contributed by atoms with van der Waals surface area (Å²) in [4.78, 5) is 52.8. The first-order valence-electron chi connectivity index (χ1n) is 14.0. The van der Waals surface area contributed by atoms with Gasteiger partial charge in [0.25, 0.3) is 10.6 Å². The number of rotatable bonds is 12. The molecule has 1 aliphatic rings. The van der Waals surface area contributed by atoms with Crippen molar-refractivity contribution in [2.45, 2.75) is 90.5 Å². The van der Waals surface area contributed by atoms with Crippen molar-refractivity contribution in [2.24, 2.45) is 5.41 Å². The van der Waals surface area contributed by atoms with Crippen LogP contribution in [0.25, 0.3) is 10.8 Å². The fourth-order valence-corrected chi connectivity index (χ4v) is 6.63. The van der Waals surface area contributed by atoms with Crippen molar-refractivity contribution in [3.05, 3.63) is 50.4 Å². The topological polar surface area (TPSA) is 176 Å². The third kappa shape index (κ3) is 8.66. The molecule has 0 spiro atoms. The minimum absolute atomic E-state index is 0.0242. The van der Waals surface area contributed by atoms with Gasteiger partial charge in [0.15, 0.2) is 6.73 Å². The number of sulfonamides is 1. The van der Waals surface area contributed by atoms with E-state index in [1.807, 2.05) is 0 Å². The number of alkyl carbamates (subject to hydrolysis) is 1. The number of pyridine rings is 1. The Morgan fingerprint density at radius 3 is 2.51 bits per heavy atom. The van der Waals surface area contributed by atoms with Crippen molar-refractivity contribution in [3.8, 4) is 0 Å². The molecule has 0 aliphatic carbocycles. The van der Waals surface area contributed by atoms with E-state index in [4.69, 9.17) is 9.47 Å². The van der Waals surface area contributed by atoms with Crippen LogP contribution in [-0.2, 0) is 35.9 Å². The zero-order valence-electron chi connectivity index (χ0n) is 25.4. The number of hydrogen-bond donors (Lipinski definition) is 1. The quantitative estimate of drug-likeness (QED) is 0.159.